The smallest absolute Gasteiger partial charge is 0.327 e. The molecule has 4 rings (SSSR count). The SMILES string of the molecule is COc1cccc(-c2ccc(/C=C3\SC(=S)N([C@@H](Cc4ccccc4)C(=O)O)C3=O)cn2)c1OC. The summed E-state index contributed by atoms with van der Waals surface area (Å²) in [6.45, 7) is 0. The van der Waals surface area contributed by atoms with E-state index in [2.05, 4.69) is 4.98 Å². The number of para-hydroxylation sites is 1. The van der Waals surface area contributed by atoms with Crippen molar-refractivity contribution in [3.63, 3.8) is 0 Å². The van der Waals surface area contributed by atoms with Crippen LogP contribution in [0.3, 0.4) is 0 Å². The Morgan fingerprint density at radius 2 is 1.89 bits per heavy atom. The molecular weight excluding hydrogens is 484 g/mol. The van der Waals surface area contributed by atoms with E-state index in [0.29, 0.717) is 27.7 Å². The molecule has 1 amide bonds. The number of pyridine rings is 1. The number of hydrogen-bond acceptors (Lipinski definition) is 7. The molecule has 1 saturated heterocycles. The normalized spacial score (nSPS) is 15.4. The maximum absolute atomic E-state index is 13.1. The van der Waals surface area contributed by atoms with Gasteiger partial charge in [-0.3, -0.25) is 14.7 Å². The van der Waals surface area contributed by atoms with Gasteiger partial charge < -0.3 is 14.6 Å². The van der Waals surface area contributed by atoms with E-state index in [1.54, 1.807) is 32.6 Å². The van der Waals surface area contributed by atoms with Crippen molar-refractivity contribution in [1.29, 1.82) is 0 Å². The van der Waals surface area contributed by atoms with E-state index in [4.69, 9.17) is 21.7 Å². The number of carboxylic acids is 1. The summed E-state index contributed by atoms with van der Waals surface area (Å²) >= 11 is 6.47. The van der Waals surface area contributed by atoms with Crippen LogP contribution in [0.4, 0.5) is 0 Å². The number of aliphatic carboxylic acids is 1. The molecule has 3 aromatic rings. The number of amides is 1. The zero-order valence-corrected chi connectivity index (χ0v) is 20.6. The number of ether oxygens (including phenoxy) is 2. The van der Waals surface area contributed by atoms with Gasteiger partial charge in [0.15, 0.2) is 11.5 Å². The quantitative estimate of drug-likeness (QED) is 0.349. The van der Waals surface area contributed by atoms with Crippen molar-refractivity contribution in [3.05, 3.63) is 82.9 Å². The largest absolute Gasteiger partial charge is 0.493 e. The number of rotatable bonds is 8. The number of carbonyl (C=O) groups excluding carboxylic acids is 1. The van der Waals surface area contributed by atoms with Crippen LogP contribution in [0, 0.1) is 0 Å². The molecule has 1 aliphatic rings. The van der Waals surface area contributed by atoms with E-state index in [0.717, 1.165) is 22.9 Å². The van der Waals surface area contributed by atoms with Gasteiger partial charge in [0.05, 0.1) is 24.8 Å². The molecule has 0 spiro atoms. The first-order chi connectivity index (χ1) is 16.9. The summed E-state index contributed by atoms with van der Waals surface area (Å²) in [5, 5.41) is 9.81. The molecule has 1 fully saturated rings. The second kappa shape index (κ2) is 10.7. The van der Waals surface area contributed by atoms with Crippen LogP contribution in [0.1, 0.15) is 11.1 Å². The molecule has 0 aliphatic carbocycles. The molecular formula is C26H22N2O5S2. The molecule has 9 heteroatoms. The van der Waals surface area contributed by atoms with E-state index in [1.165, 1.54) is 4.90 Å². The molecule has 178 valence electrons. The molecule has 1 aliphatic heterocycles. The Balaban J connectivity index is 1.57. The number of methoxy groups -OCH3 is 2. The van der Waals surface area contributed by atoms with Crippen molar-refractivity contribution in [2.75, 3.05) is 14.2 Å². The highest BCUT2D eigenvalue weighted by Crippen LogP contribution is 2.38. The lowest BCUT2D eigenvalue weighted by Gasteiger charge is -2.23. The number of thiocarbonyl (C=S) groups is 1. The molecule has 1 aromatic heterocycles. The van der Waals surface area contributed by atoms with Crippen LogP contribution in [0.25, 0.3) is 17.3 Å². The van der Waals surface area contributed by atoms with Crippen LogP contribution < -0.4 is 9.47 Å². The van der Waals surface area contributed by atoms with Gasteiger partial charge in [-0.25, -0.2) is 4.79 Å². The Bertz CT molecular complexity index is 1290. The average Bonchev–Trinajstić information content (AvgIpc) is 3.15. The second-order valence-electron chi connectivity index (χ2n) is 7.61. The van der Waals surface area contributed by atoms with Crippen LogP contribution in [-0.4, -0.2) is 51.4 Å². The minimum Gasteiger partial charge on any atom is -0.493 e. The third kappa shape index (κ3) is 5.21. The molecule has 1 atom stereocenters. The predicted molar refractivity (Wildman–Crippen MR) is 139 cm³/mol. The van der Waals surface area contributed by atoms with Crippen LogP contribution in [0.5, 0.6) is 11.5 Å². The van der Waals surface area contributed by atoms with E-state index in [-0.39, 0.29) is 10.7 Å². The van der Waals surface area contributed by atoms with Gasteiger partial charge in [0.2, 0.25) is 0 Å². The maximum atomic E-state index is 13.1. The zero-order chi connectivity index (χ0) is 24.9. The lowest BCUT2D eigenvalue weighted by Crippen LogP contribution is -2.45. The number of thioether (sulfide) groups is 1. The third-order valence-corrected chi connectivity index (χ3v) is 6.79. The van der Waals surface area contributed by atoms with Crippen LogP contribution in [0.15, 0.2) is 71.8 Å². The van der Waals surface area contributed by atoms with Gasteiger partial charge in [-0.1, -0.05) is 66.4 Å². The topological polar surface area (TPSA) is 89.0 Å². The minimum absolute atomic E-state index is 0.161. The Kier molecular flexibility index (Phi) is 7.48. The number of carboxylic acid groups (broad SMARTS) is 1. The summed E-state index contributed by atoms with van der Waals surface area (Å²) < 4.78 is 11.1. The predicted octanol–water partition coefficient (Wildman–Crippen LogP) is 4.66. The third-order valence-electron chi connectivity index (χ3n) is 5.46. The first-order valence-corrected chi connectivity index (χ1v) is 11.9. The summed E-state index contributed by atoms with van der Waals surface area (Å²) in [4.78, 5) is 31.2. The monoisotopic (exact) mass is 506 g/mol. The lowest BCUT2D eigenvalue weighted by atomic mass is 10.0. The summed E-state index contributed by atoms with van der Waals surface area (Å²) in [5.41, 5.74) is 2.95. The van der Waals surface area contributed by atoms with Crippen molar-refractivity contribution in [3.8, 4) is 22.8 Å². The first kappa shape index (κ1) is 24.4. The van der Waals surface area contributed by atoms with Crippen LogP contribution >= 0.6 is 24.0 Å². The van der Waals surface area contributed by atoms with Crippen molar-refractivity contribution in [2.24, 2.45) is 0 Å². The molecule has 0 radical (unpaired) electrons. The van der Waals surface area contributed by atoms with Crippen LogP contribution in [0.2, 0.25) is 0 Å². The molecule has 1 N–H and O–H groups in total. The fourth-order valence-corrected chi connectivity index (χ4v) is 5.12. The Hall–Kier alpha value is -3.69. The number of benzene rings is 2. The van der Waals surface area contributed by atoms with Crippen molar-refractivity contribution >= 4 is 46.3 Å². The summed E-state index contributed by atoms with van der Waals surface area (Å²) in [6, 6.07) is 17.3. The van der Waals surface area contributed by atoms with Crippen molar-refractivity contribution < 1.29 is 24.2 Å². The van der Waals surface area contributed by atoms with E-state index >= 15 is 0 Å². The molecule has 2 aromatic carbocycles. The molecule has 0 bridgehead atoms. The van der Waals surface area contributed by atoms with Gasteiger partial charge in [0.25, 0.3) is 5.91 Å². The Labute approximate surface area is 212 Å². The fraction of sp³-hybridized carbons (Fsp3) is 0.154. The van der Waals surface area contributed by atoms with Crippen molar-refractivity contribution in [1.82, 2.24) is 9.88 Å². The standard InChI is InChI=1S/C26H22N2O5S2/c1-32-21-10-6-9-18(23(21)33-2)19-12-11-17(15-27-19)14-22-24(29)28(26(34)35-22)20(25(30)31)13-16-7-4-3-5-8-16/h3-12,14-15,20H,13H2,1-2H3,(H,30,31)/b22-14-/t20-/m0/s1. The van der Waals surface area contributed by atoms with E-state index in [9.17, 15) is 14.7 Å². The van der Waals surface area contributed by atoms with Gasteiger partial charge in [-0.2, -0.15) is 0 Å². The zero-order valence-electron chi connectivity index (χ0n) is 19.0. The van der Waals surface area contributed by atoms with Gasteiger partial charge >= 0.3 is 5.97 Å². The highest BCUT2D eigenvalue weighted by Gasteiger charge is 2.40. The fourth-order valence-electron chi connectivity index (χ4n) is 3.77. The maximum Gasteiger partial charge on any atom is 0.327 e. The lowest BCUT2D eigenvalue weighted by molar-refractivity contribution is -0.145. The van der Waals surface area contributed by atoms with E-state index in [1.807, 2.05) is 54.6 Å². The Morgan fingerprint density at radius 1 is 1.11 bits per heavy atom. The molecule has 35 heavy (non-hydrogen) atoms. The first-order valence-electron chi connectivity index (χ1n) is 10.6. The summed E-state index contributed by atoms with van der Waals surface area (Å²) in [6.07, 6.45) is 3.47. The number of hydrogen-bond donors (Lipinski definition) is 1. The average molecular weight is 507 g/mol. The Morgan fingerprint density at radius 3 is 2.51 bits per heavy atom. The summed E-state index contributed by atoms with van der Waals surface area (Å²) in [5.74, 6) is -0.358. The summed E-state index contributed by atoms with van der Waals surface area (Å²) in [7, 11) is 3.14. The molecule has 0 saturated carbocycles. The van der Waals surface area contributed by atoms with Crippen molar-refractivity contribution in [2.45, 2.75) is 12.5 Å². The van der Waals surface area contributed by atoms with Gasteiger partial charge in [-0.15, -0.1) is 0 Å². The second-order valence-corrected chi connectivity index (χ2v) is 9.29. The number of aromatic nitrogens is 1. The molecule has 0 unspecified atom stereocenters. The van der Waals surface area contributed by atoms with Crippen LogP contribution in [-0.2, 0) is 16.0 Å². The number of carbonyl (C=O) groups is 2. The molecule has 7 nitrogen and oxygen atoms in total. The highest BCUT2D eigenvalue weighted by atomic mass is 32.2. The van der Waals surface area contributed by atoms with E-state index < -0.39 is 17.9 Å². The molecule has 2 heterocycles. The van der Waals surface area contributed by atoms with Gasteiger partial charge in [0, 0.05) is 18.2 Å². The minimum atomic E-state index is -1.11. The van der Waals surface area contributed by atoms with Gasteiger partial charge in [-0.05, 0) is 35.4 Å². The highest BCUT2D eigenvalue weighted by molar-refractivity contribution is 8.26. The number of nitrogens with zero attached hydrogens (tertiary/aromatic N) is 2. The van der Waals surface area contributed by atoms with Gasteiger partial charge in [0.1, 0.15) is 10.4 Å².